The molecule has 114 valence electrons. The molecule has 20 heavy (non-hydrogen) atoms. The lowest BCUT2D eigenvalue weighted by Gasteiger charge is -2.30. The van der Waals surface area contributed by atoms with Gasteiger partial charge in [-0.1, -0.05) is 20.8 Å². The van der Waals surface area contributed by atoms with Crippen molar-refractivity contribution >= 4 is 5.82 Å². The number of pyridine rings is 1. The van der Waals surface area contributed by atoms with Gasteiger partial charge in [-0.25, -0.2) is 9.37 Å². The van der Waals surface area contributed by atoms with Crippen LogP contribution in [0.3, 0.4) is 0 Å². The number of halogens is 1. The van der Waals surface area contributed by atoms with E-state index in [4.69, 9.17) is 0 Å². The lowest BCUT2D eigenvalue weighted by molar-refractivity contribution is 0.532. The van der Waals surface area contributed by atoms with Gasteiger partial charge in [0.05, 0.1) is 0 Å². The molecule has 0 aromatic carbocycles. The molecule has 0 bridgehead atoms. The highest BCUT2D eigenvalue weighted by molar-refractivity contribution is 5.44. The summed E-state index contributed by atoms with van der Waals surface area (Å²) in [5, 5.41) is 3.24. The Bertz CT molecular complexity index is 405. The van der Waals surface area contributed by atoms with Gasteiger partial charge < -0.3 is 10.2 Å². The van der Waals surface area contributed by atoms with Gasteiger partial charge in [-0.05, 0) is 38.8 Å². The molecule has 0 aliphatic carbocycles. The van der Waals surface area contributed by atoms with E-state index in [1.54, 1.807) is 12.3 Å². The van der Waals surface area contributed by atoms with Crippen molar-refractivity contribution in [3.63, 3.8) is 0 Å². The van der Waals surface area contributed by atoms with Crippen molar-refractivity contribution in [2.75, 3.05) is 18.0 Å². The van der Waals surface area contributed by atoms with Crippen molar-refractivity contribution in [3.05, 3.63) is 23.6 Å². The first-order chi connectivity index (χ1) is 9.47. The number of nitrogens with one attached hydrogen (secondary N) is 1. The highest BCUT2D eigenvalue weighted by Gasteiger charge is 2.19. The van der Waals surface area contributed by atoms with Crippen molar-refractivity contribution in [2.45, 2.75) is 53.6 Å². The average Bonchev–Trinajstić information content (AvgIpc) is 2.38. The molecule has 0 aliphatic rings. The van der Waals surface area contributed by atoms with Gasteiger partial charge >= 0.3 is 0 Å². The fourth-order valence-corrected chi connectivity index (χ4v) is 2.14. The standard InChI is InChI=1S/C16H28FN3/c1-6-8-18-10-14-7-9-19-16(15(14)17)20(13(4)5)11-12(2)3/h7,9,12-13,18H,6,8,10-11H2,1-5H3. The van der Waals surface area contributed by atoms with E-state index in [2.05, 4.69) is 44.9 Å². The largest absolute Gasteiger partial charge is 0.351 e. The van der Waals surface area contributed by atoms with Gasteiger partial charge in [-0.2, -0.15) is 0 Å². The van der Waals surface area contributed by atoms with E-state index in [0.717, 1.165) is 19.5 Å². The quantitative estimate of drug-likeness (QED) is 0.738. The third-order valence-corrected chi connectivity index (χ3v) is 3.15. The van der Waals surface area contributed by atoms with Crippen molar-refractivity contribution in [1.82, 2.24) is 10.3 Å². The van der Waals surface area contributed by atoms with Gasteiger partial charge in [-0.3, -0.25) is 0 Å². The monoisotopic (exact) mass is 281 g/mol. The maximum atomic E-state index is 14.6. The summed E-state index contributed by atoms with van der Waals surface area (Å²) < 4.78 is 14.6. The highest BCUT2D eigenvalue weighted by atomic mass is 19.1. The fraction of sp³-hybridized carbons (Fsp3) is 0.688. The SMILES string of the molecule is CCCNCc1ccnc(N(CC(C)C)C(C)C)c1F. The molecule has 1 heterocycles. The van der Waals surface area contributed by atoms with E-state index in [1.807, 2.05) is 4.90 Å². The molecule has 4 heteroatoms. The van der Waals surface area contributed by atoms with Crippen LogP contribution in [-0.4, -0.2) is 24.1 Å². The summed E-state index contributed by atoms with van der Waals surface area (Å²) in [5.41, 5.74) is 0.692. The predicted octanol–water partition coefficient (Wildman–Crippen LogP) is 3.59. The van der Waals surface area contributed by atoms with Crippen molar-refractivity contribution in [3.8, 4) is 0 Å². The molecule has 1 aromatic rings. The van der Waals surface area contributed by atoms with Crippen LogP contribution in [0.25, 0.3) is 0 Å². The highest BCUT2D eigenvalue weighted by Crippen LogP contribution is 2.22. The molecule has 0 atom stereocenters. The van der Waals surface area contributed by atoms with Gasteiger partial charge in [0.25, 0.3) is 0 Å². The van der Waals surface area contributed by atoms with Crippen molar-refractivity contribution in [1.29, 1.82) is 0 Å². The number of hydrogen-bond donors (Lipinski definition) is 1. The predicted molar refractivity (Wildman–Crippen MR) is 83.5 cm³/mol. The van der Waals surface area contributed by atoms with Crippen LogP contribution < -0.4 is 10.2 Å². The number of anilines is 1. The minimum atomic E-state index is -0.189. The third kappa shape index (κ3) is 4.75. The van der Waals surface area contributed by atoms with Gasteiger partial charge in [0.2, 0.25) is 0 Å². The van der Waals surface area contributed by atoms with Gasteiger partial charge in [-0.15, -0.1) is 0 Å². The molecule has 0 fully saturated rings. The van der Waals surface area contributed by atoms with Gasteiger partial charge in [0, 0.05) is 30.9 Å². The minimum Gasteiger partial charge on any atom is -0.351 e. The Labute approximate surface area is 122 Å². The average molecular weight is 281 g/mol. The Kier molecular flexibility index (Phi) is 6.93. The Morgan fingerprint density at radius 2 is 2.00 bits per heavy atom. The van der Waals surface area contributed by atoms with E-state index >= 15 is 0 Å². The first kappa shape index (κ1) is 16.9. The molecule has 0 unspecified atom stereocenters. The summed E-state index contributed by atoms with van der Waals surface area (Å²) >= 11 is 0. The first-order valence-electron chi connectivity index (χ1n) is 7.58. The van der Waals surface area contributed by atoms with Crippen LogP contribution in [0.15, 0.2) is 12.3 Å². The Balaban J connectivity index is 2.95. The molecule has 1 aromatic heterocycles. The third-order valence-electron chi connectivity index (χ3n) is 3.15. The summed E-state index contributed by atoms with van der Waals surface area (Å²) in [6.45, 7) is 12.8. The zero-order valence-corrected chi connectivity index (χ0v) is 13.4. The molecular weight excluding hydrogens is 253 g/mol. The van der Waals surface area contributed by atoms with Crippen LogP contribution in [0.5, 0.6) is 0 Å². The number of rotatable bonds is 8. The number of aromatic nitrogens is 1. The number of hydrogen-bond acceptors (Lipinski definition) is 3. The van der Waals surface area contributed by atoms with Gasteiger partial charge in [0.15, 0.2) is 11.6 Å². The lowest BCUT2D eigenvalue weighted by atomic mass is 10.1. The topological polar surface area (TPSA) is 28.2 Å². The Morgan fingerprint density at radius 1 is 1.30 bits per heavy atom. The summed E-state index contributed by atoms with van der Waals surface area (Å²) in [6, 6.07) is 1.99. The van der Waals surface area contributed by atoms with Crippen molar-refractivity contribution in [2.24, 2.45) is 5.92 Å². The Hall–Kier alpha value is -1.16. The molecule has 1 rings (SSSR count). The summed E-state index contributed by atoms with van der Waals surface area (Å²) in [6.07, 6.45) is 2.75. The van der Waals surface area contributed by atoms with Crippen LogP contribution in [0, 0.1) is 11.7 Å². The van der Waals surface area contributed by atoms with Gasteiger partial charge in [0.1, 0.15) is 0 Å². The van der Waals surface area contributed by atoms with Crippen LogP contribution in [0.4, 0.5) is 10.2 Å². The second-order valence-electron chi connectivity index (χ2n) is 5.92. The summed E-state index contributed by atoms with van der Waals surface area (Å²) in [4.78, 5) is 6.31. The Morgan fingerprint density at radius 3 is 2.55 bits per heavy atom. The normalized spacial score (nSPS) is 11.4. The molecular formula is C16H28FN3. The maximum absolute atomic E-state index is 14.6. The van der Waals surface area contributed by atoms with Crippen LogP contribution in [0.2, 0.25) is 0 Å². The fourth-order valence-electron chi connectivity index (χ4n) is 2.14. The van der Waals surface area contributed by atoms with E-state index < -0.39 is 0 Å². The maximum Gasteiger partial charge on any atom is 0.170 e. The van der Waals surface area contributed by atoms with E-state index in [-0.39, 0.29) is 11.9 Å². The van der Waals surface area contributed by atoms with E-state index in [0.29, 0.717) is 23.8 Å². The summed E-state index contributed by atoms with van der Waals surface area (Å²) in [7, 11) is 0. The lowest BCUT2D eigenvalue weighted by Crippen LogP contribution is -2.35. The number of nitrogens with zero attached hydrogens (tertiary/aromatic N) is 2. The van der Waals surface area contributed by atoms with E-state index in [1.165, 1.54) is 0 Å². The zero-order chi connectivity index (χ0) is 15.1. The van der Waals surface area contributed by atoms with Crippen LogP contribution in [0.1, 0.15) is 46.6 Å². The molecule has 1 N–H and O–H groups in total. The molecule has 0 saturated carbocycles. The first-order valence-corrected chi connectivity index (χ1v) is 7.58. The molecule has 0 aliphatic heterocycles. The van der Waals surface area contributed by atoms with Crippen LogP contribution >= 0.6 is 0 Å². The second kappa shape index (κ2) is 8.20. The smallest absolute Gasteiger partial charge is 0.170 e. The summed E-state index contributed by atoms with van der Waals surface area (Å²) in [5.74, 6) is 0.760. The van der Waals surface area contributed by atoms with Crippen molar-refractivity contribution < 1.29 is 4.39 Å². The molecule has 0 saturated heterocycles. The molecule has 0 radical (unpaired) electrons. The second-order valence-corrected chi connectivity index (χ2v) is 5.92. The molecule has 3 nitrogen and oxygen atoms in total. The van der Waals surface area contributed by atoms with E-state index in [9.17, 15) is 4.39 Å². The molecule has 0 spiro atoms. The molecule has 0 amide bonds. The van der Waals surface area contributed by atoms with Crippen LogP contribution in [-0.2, 0) is 6.54 Å². The minimum absolute atomic E-state index is 0.189. The zero-order valence-electron chi connectivity index (χ0n) is 13.4.